The van der Waals surface area contributed by atoms with Crippen LogP contribution in [0.25, 0.3) is 0 Å². The Morgan fingerprint density at radius 1 is 1.20 bits per heavy atom. The summed E-state index contributed by atoms with van der Waals surface area (Å²) >= 11 is 0. The number of pyridine rings is 1. The normalized spacial score (nSPS) is 11.0. The molecule has 1 aromatic heterocycles. The highest BCUT2D eigenvalue weighted by Gasteiger charge is 2.26. The number of aromatic hydroxyl groups is 1. The molecule has 0 saturated heterocycles. The van der Waals surface area contributed by atoms with Crippen LogP contribution in [-0.4, -0.2) is 23.4 Å². The van der Waals surface area contributed by atoms with E-state index in [2.05, 4.69) is 4.98 Å². The van der Waals surface area contributed by atoms with Crippen LogP contribution in [0.3, 0.4) is 0 Å². The van der Waals surface area contributed by atoms with E-state index >= 15 is 0 Å². The van der Waals surface area contributed by atoms with Gasteiger partial charge in [-0.25, -0.2) is 13.4 Å². The van der Waals surface area contributed by atoms with E-state index in [-0.39, 0.29) is 11.6 Å². The molecule has 0 aliphatic heterocycles. The van der Waals surface area contributed by atoms with Crippen molar-refractivity contribution in [3.8, 4) is 5.75 Å². The zero-order valence-corrected chi connectivity index (χ0v) is 10.7. The second-order valence-corrected chi connectivity index (χ2v) is 5.35. The number of para-hydroxylation sites is 1. The number of anilines is 1. The molecule has 2 rings (SSSR count). The second-order valence-electron chi connectivity index (χ2n) is 3.70. The third-order valence-electron chi connectivity index (χ3n) is 2.37. The van der Waals surface area contributed by atoms with E-state index in [1.165, 1.54) is 30.5 Å². The zero-order chi connectivity index (χ0) is 14.8. The minimum atomic E-state index is -4.23. The molecule has 0 spiro atoms. The number of rotatable bonds is 4. The van der Waals surface area contributed by atoms with E-state index in [0.717, 1.165) is 12.1 Å². The molecule has 0 fully saturated rings. The van der Waals surface area contributed by atoms with Crippen LogP contribution in [0.1, 0.15) is 0 Å². The molecule has 0 atom stereocenters. The van der Waals surface area contributed by atoms with Gasteiger partial charge in [0.25, 0.3) is 15.7 Å². The molecule has 1 aromatic carbocycles. The van der Waals surface area contributed by atoms with Crippen LogP contribution < -0.4 is 4.72 Å². The van der Waals surface area contributed by atoms with Gasteiger partial charge in [-0.05, 0) is 18.2 Å². The summed E-state index contributed by atoms with van der Waals surface area (Å²) in [6.45, 7) is 0. The van der Waals surface area contributed by atoms with Crippen molar-refractivity contribution >= 4 is 21.5 Å². The number of benzene rings is 1. The van der Waals surface area contributed by atoms with Gasteiger partial charge in [-0.3, -0.25) is 14.8 Å². The average Bonchev–Trinajstić information content (AvgIpc) is 2.41. The average molecular weight is 295 g/mol. The largest absolute Gasteiger partial charge is 0.504 e. The monoisotopic (exact) mass is 295 g/mol. The van der Waals surface area contributed by atoms with Gasteiger partial charge in [0.2, 0.25) is 0 Å². The van der Waals surface area contributed by atoms with Crippen molar-refractivity contribution in [2.45, 2.75) is 4.90 Å². The van der Waals surface area contributed by atoms with Crippen LogP contribution in [0.2, 0.25) is 0 Å². The lowest BCUT2D eigenvalue weighted by Gasteiger charge is -2.08. The Bertz CT molecular complexity index is 760. The molecule has 2 aromatic rings. The number of nitro groups is 1. The molecule has 0 aliphatic rings. The molecule has 0 amide bonds. The summed E-state index contributed by atoms with van der Waals surface area (Å²) in [5.41, 5.74) is -0.560. The fraction of sp³-hybridized carbons (Fsp3) is 0. The van der Waals surface area contributed by atoms with Crippen LogP contribution in [0.5, 0.6) is 5.75 Å². The molecular formula is C11H9N3O5S. The number of nitro benzene ring substituents is 1. The molecule has 20 heavy (non-hydrogen) atoms. The molecule has 9 heteroatoms. The molecule has 8 nitrogen and oxygen atoms in total. The Morgan fingerprint density at radius 2 is 1.90 bits per heavy atom. The van der Waals surface area contributed by atoms with E-state index < -0.39 is 25.5 Å². The maximum Gasteiger partial charge on any atom is 0.289 e. The zero-order valence-electron chi connectivity index (χ0n) is 9.92. The molecule has 0 saturated carbocycles. The number of sulfonamides is 1. The van der Waals surface area contributed by atoms with Crippen molar-refractivity contribution in [1.29, 1.82) is 0 Å². The predicted octanol–water partition coefficient (Wildman–Crippen LogP) is 1.50. The van der Waals surface area contributed by atoms with Crippen molar-refractivity contribution in [2.24, 2.45) is 0 Å². The summed E-state index contributed by atoms with van der Waals surface area (Å²) in [5.74, 6) is -0.680. The summed E-state index contributed by atoms with van der Waals surface area (Å²) in [6.07, 6.45) is 1.27. The minimum absolute atomic E-state index is 0.300. The fourth-order valence-corrected chi connectivity index (χ4v) is 2.69. The van der Waals surface area contributed by atoms with E-state index in [1.54, 1.807) is 0 Å². The van der Waals surface area contributed by atoms with Crippen LogP contribution in [0.4, 0.5) is 11.5 Å². The van der Waals surface area contributed by atoms with Crippen molar-refractivity contribution < 1.29 is 18.4 Å². The maximum atomic E-state index is 12.1. The first-order valence-corrected chi connectivity index (χ1v) is 6.80. The highest BCUT2D eigenvalue weighted by molar-refractivity contribution is 7.92. The molecule has 104 valence electrons. The Balaban J connectivity index is 2.47. The number of nitrogens with zero attached hydrogens (tertiary/aromatic N) is 2. The lowest BCUT2D eigenvalue weighted by Crippen LogP contribution is -2.15. The maximum absolute atomic E-state index is 12.1. The van der Waals surface area contributed by atoms with Gasteiger partial charge in [0.15, 0.2) is 16.5 Å². The third kappa shape index (κ3) is 2.67. The van der Waals surface area contributed by atoms with Crippen molar-refractivity contribution in [2.75, 3.05) is 4.72 Å². The first kappa shape index (κ1) is 13.7. The van der Waals surface area contributed by atoms with E-state index in [4.69, 9.17) is 0 Å². The van der Waals surface area contributed by atoms with Crippen LogP contribution in [-0.2, 0) is 10.0 Å². The molecule has 0 bridgehead atoms. The van der Waals surface area contributed by atoms with Crippen molar-refractivity contribution in [1.82, 2.24) is 4.98 Å². The number of aromatic nitrogens is 1. The minimum Gasteiger partial charge on any atom is -0.504 e. The van der Waals surface area contributed by atoms with Crippen LogP contribution >= 0.6 is 0 Å². The lowest BCUT2D eigenvalue weighted by atomic mass is 10.3. The number of nitrogens with one attached hydrogen (secondary N) is 1. The molecule has 1 heterocycles. The Kier molecular flexibility index (Phi) is 3.53. The van der Waals surface area contributed by atoms with Gasteiger partial charge in [0.05, 0.1) is 4.92 Å². The topological polar surface area (TPSA) is 122 Å². The highest BCUT2D eigenvalue weighted by atomic mass is 32.2. The van der Waals surface area contributed by atoms with E-state index in [0.29, 0.717) is 0 Å². The quantitative estimate of drug-likeness (QED) is 0.651. The van der Waals surface area contributed by atoms with Gasteiger partial charge in [-0.15, -0.1) is 0 Å². The van der Waals surface area contributed by atoms with E-state index in [9.17, 15) is 23.6 Å². The first-order chi connectivity index (χ1) is 9.42. The predicted molar refractivity (Wildman–Crippen MR) is 69.8 cm³/mol. The molecule has 0 radical (unpaired) electrons. The Labute approximate surface area is 113 Å². The first-order valence-electron chi connectivity index (χ1n) is 5.32. The summed E-state index contributed by atoms with van der Waals surface area (Å²) < 4.78 is 26.2. The summed E-state index contributed by atoms with van der Waals surface area (Å²) in [7, 11) is -4.23. The van der Waals surface area contributed by atoms with Gasteiger partial charge in [0, 0.05) is 12.3 Å². The highest BCUT2D eigenvalue weighted by Crippen LogP contribution is 2.27. The van der Waals surface area contributed by atoms with E-state index in [1.807, 2.05) is 4.72 Å². The van der Waals surface area contributed by atoms with Gasteiger partial charge in [-0.2, -0.15) is 0 Å². The third-order valence-corrected chi connectivity index (χ3v) is 3.76. The molecular weight excluding hydrogens is 286 g/mol. The van der Waals surface area contributed by atoms with Gasteiger partial charge >= 0.3 is 0 Å². The van der Waals surface area contributed by atoms with Crippen molar-refractivity contribution in [3.63, 3.8) is 0 Å². The smallest absolute Gasteiger partial charge is 0.289 e. The fourth-order valence-electron chi connectivity index (χ4n) is 1.49. The van der Waals surface area contributed by atoms with Gasteiger partial charge in [0.1, 0.15) is 0 Å². The van der Waals surface area contributed by atoms with Gasteiger partial charge in [-0.1, -0.05) is 12.1 Å². The Hall–Kier alpha value is -2.68. The number of hydrogen-bond acceptors (Lipinski definition) is 6. The summed E-state index contributed by atoms with van der Waals surface area (Å²) in [6, 6.07) is 7.55. The Morgan fingerprint density at radius 3 is 2.55 bits per heavy atom. The summed E-state index contributed by atoms with van der Waals surface area (Å²) in [5, 5.41) is 20.3. The van der Waals surface area contributed by atoms with Crippen LogP contribution in [0.15, 0.2) is 47.5 Å². The standard InChI is InChI=1S/C11H9N3O5S/c15-9-5-3-7-12-11(9)13-20(18,19)10-6-2-1-4-8(10)14(16)17/h1-7,15H,(H,12,13). The summed E-state index contributed by atoms with van der Waals surface area (Å²) in [4.78, 5) is 13.2. The SMILES string of the molecule is O=[N+]([O-])c1ccccc1S(=O)(=O)Nc1ncccc1O. The number of hydrogen-bond donors (Lipinski definition) is 2. The van der Waals surface area contributed by atoms with Crippen molar-refractivity contribution in [3.05, 3.63) is 52.7 Å². The van der Waals surface area contributed by atoms with Crippen LogP contribution in [0, 0.1) is 10.1 Å². The second kappa shape index (κ2) is 5.13. The molecule has 2 N–H and O–H groups in total. The molecule has 0 aliphatic carbocycles. The molecule has 0 unspecified atom stereocenters. The lowest BCUT2D eigenvalue weighted by molar-refractivity contribution is -0.387. The van der Waals surface area contributed by atoms with Gasteiger partial charge < -0.3 is 5.11 Å².